The van der Waals surface area contributed by atoms with Crippen LogP contribution in [0.5, 0.6) is 0 Å². The minimum atomic E-state index is 0.239. The van der Waals surface area contributed by atoms with E-state index in [1.54, 1.807) is 18.3 Å². The number of rotatable bonds is 3. The summed E-state index contributed by atoms with van der Waals surface area (Å²) in [5, 5.41) is 10.4. The first-order chi connectivity index (χ1) is 12.2. The molecule has 2 fully saturated rings. The van der Waals surface area contributed by atoms with Gasteiger partial charge in [-0.15, -0.1) is 0 Å². The summed E-state index contributed by atoms with van der Waals surface area (Å²) in [6.45, 7) is 4.59. The molecule has 4 rings (SSSR count). The lowest BCUT2D eigenvalue weighted by Crippen LogP contribution is -2.36. The van der Waals surface area contributed by atoms with E-state index in [9.17, 15) is 5.11 Å². The Balaban J connectivity index is 1.63. The van der Waals surface area contributed by atoms with Crippen molar-refractivity contribution in [2.24, 2.45) is 11.8 Å². The second-order valence-electron chi connectivity index (χ2n) is 7.66. The van der Waals surface area contributed by atoms with Gasteiger partial charge >= 0.3 is 0 Å². The molecule has 0 spiro atoms. The largest absolute Gasteiger partial charge is 0.510 e. The van der Waals surface area contributed by atoms with Crippen LogP contribution in [0.4, 0.5) is 0 Å². The molecule has 1 saturated carbocycles. The van der Waals surface area contributed by atoms with Crippen LogP contribution in [-0.2, 0) is 14.2 Å². The Morgan fingerprint density at radius 1 is 1.24 bits per heavy atom. The molecule has 1 N–H and O–H groups in total. The first-order valence-electron chi connectivity index (χ1n) is 9.37. The quantitative estimate of drug-likeness (QED) is 0.615. The van der Waals surface area contributed by atoms with Gasteiger partial charge in [0.1, 0.15) is 19.2 Å². The van der Waals surface area contributed by atoms with Crippen LogP contribution in [0, 0.1) is 11.8 Å². The number of aliphatic hydroxyl groups is 1. The fourth-order valence-electron chi connectivity index (χ4n) is 5.19. The molecule has 0 radical (unpaired) electrons. The zero-order valence-electron chi connectivity index (χ0n) is 15.0. The van der Waals surface area contributed by atoms with E-state index in [0.717, 1.165) is 31.3 Å². The maximum atomic E-state index is 10.4. The Bertz CT molecular complexity index is 642. The third-order valence-electron chi connectivity index (χ3n) is 6.38. The lowest BCUT2D eigenvalue weighted by atomic mass is 9.62. The van der Waals surface area contributed by atoms with Gasteiger partial charge in [0.2, 0.25) is 0 Å². The number of ether oxygens (including phenoxy) is 3. The normalized spacial score (nSPS) is 38.2. The molecule has 4 atom stereocenters. The molecular weight excluding hydrogens is 316 g/mol. The van der Waals surface area contributed by atoms with Gasteiger partial charge in [0, 0.05) is 7.11 Å². The molecule has 0 aromatic heterocycles. The second-order valence-corrected chi connectivity index (χ2v) is 7.66. The van der Waals surface area contributed by atoms with Crippen molar-refractivity contribution in [3.63, 3.8) is 0 Å². The minimum Gasteiger partial charge on any atom is -0.510 e. The first-order valence-corrected chi connectivity index (χ1v) is 9.37. The molecule has 4 aliphatic rings. The molecule has 0 amide bonds. The van der Waals surface area contributed by atoms with Gasteiger partial charge in [-0.1, -0.05) is 29.9 Å². The fourth-order valence-corrected chi connectivity index (χ4v) is 5.19. The van der Waals surface area contributed by atoms with Crippen LogP contribution in [0.1, 0.15) is 38.5 Å². The Morgan fingerprint density at radius 3 is 2.80 bits per heavy atom. The Labute approximate surface area is 149 Å². The van der Waals surface area contributed by atoms with Crippen molar-refractivity contribution in [3.05, 3.63) is 46.8 Å². The Morgan fingerprint density at radius 2 is 2.04 bits per heavy atom. The topological polar surface area (TPSA) is 47.9 Å². The van der Waals surface area contributed by atoms with Crippen LogP contribution in [0.15, 0.2) is 46.8 Å². The monoisotopic (exact) mass is 344 g/mol. The summed E-state index contributed by atoms with van der Waals surface area (Å²) in [5.74, 6) is 1.55. The molecule has 1 aliphatic heterocycles. The third kappa shape index (κ3) is 3.12. The van der Waals surface area contributed by atoms with E-state index in [1.165, 1.54) is 18.4 Å². The minimum absolute atomic E-state index is 0.239. The summed E-state index contributed by atoms with van der Waals surface area (Å²) in [4.78, 5) is 0. The van der Waals surface area contributed by atoms with Gasteiger partial charge in [0.25, 0.3) is 0 Å². The number of methoxy groups -OCH3 is 1. The van der Waals surface area contributed by atoms with Gasteiger partial charge in [-0.05, 0) is 61.5 Å². The molecule has 136 valence electrons. The van der Waals surface area contributed by atoms with Gasteiger partial charge < -0.3 is 19.3 Å². The van der Waals surface area contributed by atoms with Gasteiger partial charge in [-0.25, -0.2) is 0 Å². The van der Waals surface area contributed by atoms with E-state index >= 15 is 0 Å². The molecule has 1 heterocycles. The van der Waals surface area contributed by atoms with Gasteiger partial charge in [-0.3, -0.25) is 0 Å². The predicted molar refractivity (Wildman–Crippen MR) is 96.1 cm³/mol. The number of aliphatic hydroxyl groups excluding tert-OH is 1. The van der Waals surface area contributed by atoms with E-state index in [4.69, 9.17) is 14.2 Å². The van der Waals surface area contributed by atoms with Crippen molar-refractivity contribution in [1.29, 1.82) is 0 Å². The summed E-state index contributed by atoms with van der Waals surface area (Å²) in [6.07, 6.45) is 10.7. The third-order valence-corrected chi connectivity index (χ3v) is 6.38. The highest BCUT2D eigenvalue weighted by molar-refractivity contribution is 5.42. The summed E-state index contributed by atoms with van der Waals surface area (Å²) in [5.41, 5.74) is 5.51. The maximum absolute atomic E-state index is 10.4. The van der Waals surface area contributed by atoms with Gasteiger partial charge in [-0.2, -0.15) is 0 Å². The van der Waals surface area contributed by atoms with Crippen LogP contribution in [-0.4, -0.2) is 37.8 Å². The van der Waals surface area contributed by atoms with E-state index in [0.29, 0.717) is 24.4 Å². The van der Waals surface area contributed by atoms with Gasteiger partial charge in [0.15, 0.2) is 0 Å². The summed E-state index contributed by atoms with van der Waals surface area (Å²) >= 11 is 0. The van der Waals surface area contributed by atoms with Crippen LogP contribution in [0.3, 0.4) is 0 Å². The SMILES string of the molecule is C=C/C=C1/CC2C3=C(CCC2C/C1=C(\O)COC)CC1OCO[C@@H]1C3. The second kappa shape index (κ2) is 7.10. The molecule has 0 aromatic rings. The maximum Gasteiger partial charge on any atom is 0.147 e. The van der Waals surface area contributed by atoms with E-state index in [2.05, 4.69) is 12.7 Å². The summed E-state index contributed by atoms with van der Waals surface area (Å²) < 4.78 is 16.7. The zero-order chi connectivity index (χ0) is 17.4. The molecule has 4 heteroatoms. The molecule has 0 bridgehead atoms. The van der Waals surface area contributed by atoms with Crippen molar-refractivity contribution in [1.82, 2.24) is 0 Å². The van der Waals surface area contributed by atoms with E-state index in [-0.39, 0.29) is 18.8 Å². The molecule has 4 nitrogen and oxygen atoms in total. The standard InChI is InChI=1S/C21H28O4/c1-3-4-13-7-16-14(8-18(13)19(22)11-23-2)5-6-15-9-20-21(10-17(15)16)25-12-24-20/h3-4,14,16,20-22H,1,5-12H2,2H3/b13-4-,19-18+/t14?,16?,20?,21-/m1/s1. The highest BCUT2D eigenvalue weighted by atomic mass is 16.7. The average molecular weight is 344 g/mol. The van der Waals surface area contributed by atoms with Crippen molar-refractivity contribution in [3.8, 4) is 0 Å². The molecular formula is C21H28O4. The fraction of sp³-hybridized carbons (Fsp3) is 0.619. The molecule has 25 heavy (non-hydrogen) atoms. The molecule has 3 aliphatic carbocycles. The highest BCUT2D eigenvalue weighted by Gasteiger charge is 2.43. The van der Waals surface area contributed by atoms with E-state index < -0.39 is 0 Å². The summed E-state index contributed by atoms with van der Waals surface area (Å²) in [7, 11) is 1.62. The lowest BCUT2D eigenvalue weighted by Gasteiger charge is -2.44. The number of hydrogen-bond acceptors (Lipinski definition) is 4. The van der Waals surface area contributed by atoms with Crippen molar-refractivity contribution in [2.45, 2.75) is 50.7 Å². The van der Waals surface area contributed by atoms with Crippen LogP contribution in [0.2, 0.25) is 0 Å². The highest BCUT2D eigenvalue weighted by Crippen LogP contribution is 2.52. The molecule has 0 aromatic carbocycles. The number of fused-ring (bicyclic) bond motifs is 3. The number of hydrogen-bond donors (Lipinski definition) is 1. The van der Waals surface area contributed by atoms with Crippen LogP contribution < -0.4 is 0 Å². The predicted octanol–water partition coefficient (Wildman–Crippen LogP) is 4.21. The van der Waals surface area contributed by atoms with Crippen molar-refractivity contribution >= 4 is 0 Å². The van der Waals surface area contributed by atoms with Crippen molar-refractivity contribution < 1.29 is 19.3 Å². The van der Waals surface area contributed by atoms with Crippen LogP contribution >= 0.6 is 0 Å². The van der Waals surface area contributed by atoms with Crippen LogP contribution in [0.25, 0.3) is 0 Å². The lowest BCUT2D eigenvalue weighted by molar-refractivity contribution is 0.0397. The Hall–Kier alpha value is -1.36. The summed E-state index contributed by atoms with van der Waals surface area (Å²) in [6, 6.07) is 0. The molecule has 1 saturated heterocycles. The smallest absolute Gasteiger partial charge is 0.147 e. The zero-order valence-corrected chi connectivity index (χ0v) is 15.0. The number of allylic oxidation sites excluding steroid dienone is 4. The van der Waals surface area contributed by atoms with Gasteiger partial charge in [0.05, 0.1) is 12.2 Å². The van der Waals surface area contributed by atoms with E-state index in [1.807, 2.05) is 6.08 Å². The Kier molecular flexibility index (Phi) is 4.85. The average Bonchev–Trinajstić information content (AvgIpc) is 3.07. The molecule has 3 unspecified atom stereocenters. The van der Waals surface area contributed by atoms with Crippen molar-refractivity contribution in [2.75, 3.05) is 20.5 Å². The first kappa shape index (κ1) is 17.1.